The molecule has 2 rings (SSSR count). The van der Waals surface area contributed by atoms with Crippen LogP contribution < -0.4 is 10.1 Å². The number of methoxy groups -OCH3 is 1. The van der Waals surface area contributed by atoms with E-state index in [0.717, 1.165) is 11.3 Å². The fourth-order valence-electron chi connectivity index (χ4n) is 1.72. The molecule has 1 N–H and O–H groups in total. The molecular weight excluding hydrogens is 302 g/mol. The van der Waals surface area contributed by atoms with Crippen LogP contribution >= 0.6 is 11.8 Å². The van der Waals surface area contributed by atoms with Gasteiger partial charge in [0.25, 0.3) is 0 Å². The first kappa shape index (κ1) is 15.9. The zero-order valence-electron chi connectivity index (χ0n) is 12.2. The van der Waals surface area contributed by atoms with E-state index in [1.807, 2.05) is 25.1 Å². The van der Waals surface area contributed by atoms with Gasteiger partial charge >= 0.3 is 0 Å². The van der Waals surface area contributed by atoms with E-state index in [0.29, 0.717) is 10.9 Å². The zero-order chi connectivity index (χ0) is 15.9. The van der Waals surface area contributed by atoms with Crippen LogP contribution in [0, 0.1) is 19.3 Å². The number of nitrogens with one attached hydrogen (secondary N) is 1. The van der Waals surface area contributed by atoms with Crippen molar-refractivity contribution in [1.82, 2.24) is 25.5 Å². The van der Waals surface area contributed by atoms with Crippen LogP contribution in [0.15, 0.2) is 23.4 Å². The minimum atomic E-state index is -0.172. The number of amides is 1. The number of aromatic nitrogens is 4. The number of thioether (sulfide) groups is 1. The Bertz CT molecular complexity index is 707. The summed E-state index contributed by atoms with van der Waals surface area (Å²) in [5.74, 6) is 3.00. The highest BCUT2D eigenvalue weighted by Gasteiger charge is 2.14. The maximum atomic E-state index is 11.6. The third-order valence-corrected chi connectivity index (χ3v) is 3.64. The molecule has 1 aromatic heterocycles. The van der Waals surface area contributed by atoms with Gasteiger partial charge in [-0.1, -0.05) is 23.7 Å². The van der Waals surface area contributed by atoms with Crippen molar-refractivity contribution in [2.24, 2.45) is 0 Å². The van der Waals surface area contributed by atoms with Gasteiger partial charge in [-0.05, 0) is 35.0 Å². The second-order valence-corrected chi connectivity index (χ2v) is 5.26. The van der Waals surface area contributed by atoms with Crippen LogP contribution in [-0.2, 0) is 4.79 Å². The van der Waals surface area contributed by atoms with E-state index >= 15 is 0 Å². The molecule has 0 unspecified atom stereocenters. The summed E-state index contributed by atoms with van der Waals surface area (Å²) in [6.07, 6.45) is 5.09. The number of hydrogen-bond donors (Lipinski definition) is 1. The fraction of sp³-hybridized carbons (Fsp3) is 0.286. The maximum Gasteiger partial charge on any atom is 0.231 e. The second-order valence-electron chi connectivity index (χ2n) is 4.32. The van der Waals surface area contributed by atoms with E-state index in [1.54, 1.807) is 11.8 Å². The maximum absolute atomic E-state index is 11.6. The molecular formula is C14H15N5O2S. The number of rotatable bonds is 6. The second kappa shape index (κ2) is 7.47. The van der Waals surface area contributed by atoms with Crippen LogP contribution in [0.25, 0.3) is 5.69 Å². The molecule has 114 valence electrons. The molecule has 0 bridgehead atoms. The average Bonchev–Trinajstić information content (AvgIpc) is 2.99. The van der Waals surface area contributed by atoms with Gasteiger partial charge in [0.1, 0.15) is 11.4 Å². The highest BCUT2D eigenvalue weighted by Crippen LogP contribution is 2.26. The number of benzene rings is 1. The summed E-state index contributed by atoms with van der Waals surface area (Å²) >= 11 is 1.22. The van der Waals surface area contributed by atoms with Crippen molar-refractivity contribution in [2.45, 2.75) is 12.1 Å². The van der Waals surface area contributed by atoms with E-state index in [4.69, 9.17) is 11.2 Å². The summed E-state index contributed by atoms with van der Waals surface area (Å²) < 4.78 is 6.88. The van der Waals surface area contributed by atoms with Crippen molar-refractivity contribution in [3.8, 4) is 23.8 Å². The zero-order valence-corrected chi connectivity index (χ0v) is 13.1. The van der Waals surface area contributed by atoms with Crippen LogP contribution in [0.2, 0.25) is 0 Å². The molecule has 0 fully saturated rings. The Hall–Kier alpha value is -2.53. The number of ether oxygens (including phenoxy) is 1. The summed E-state index contributed by atoms with van der Waals surface area (Å²) in [7, 11) is 1.58. The molecule has 0 aliphatic rings. The third-order valence-electron chi connectivity index (χ3n) is 2.72. The molecule has 22 heavy (non-hydrogen) atoms. The summed E-state index contributed by atoms with van der Waals surface area (Å²) in [5, 5.41) is 14.7. The Kier molecular flexibility index (Phi) is 5.38. The number of carbonyl (C=O) groups is 1. The lowest BCUT2D eigenvalue weighted by Gasteiger charge is -2.10. The monoisotopic (exact) mass is 317 g/mol. The quantitative estimate of drug-likeness (QED) is 0.627. The highest BCUT2D eigenvalue weighted by atomic mass is 32.2. The molecule has 0 aliphatic heterocycles. The largest absolute Gasteiger partial charge is 0.494 e. The normalized spacial score (nSPS) is 10.0. The molecule has 0 spiro atoms. The third kappa shape index (κ3) is 3.77. The van der Waals surface area contributed by atoms with Gasteiger partial charge in [-0.3, -0.25) is 4.79 Å². The summed E-state index contributed by atoms with van der Waals surface area (Å²) in [6.45, 7) is 2.17. The molecule has 2 aromatic rings. The lowest BCUT2D eigenvalue weighted by Crippen LogP contribution is -2.25. The van der Waals surface area contributed by atoms with Crippen molar-refractivity contribution in [3.05, 3.63) is 23.8 Å². The van der Waals surface area contributed by atoms with E-state index in [2.05, 4.69) is 26.8 Å². The number of aryl methyl sites for hydroxylation is 1. The van der Waals surface area contributed by atoms with Gasteiger partial charge in [0, 0.05) is 0 Å². The van der Waals surface area contributed by atoms with Gasteiger partial charge in [-0.25, -0.2) is 0 Å². The Morgan fingerprint density at radius 2 is 2.36 bits per heavy atom. The Morgan fingerprint density at radius 3 is 3.09 bits per heavy atom. The highest BCUT2D eigenvalue weighted by molar-refractivity contribution is 7.99. The van der Waals surface area contributed by atoms with Gasteiger partial charge in [0.15, 0.2) is 0 Å². The van der Waals surface area contributed by atoms with Gasteiger partial charge in [-0.15, -0.1) is 11.5 Å². The van der Waals surface area contributed by atoms with Crippen LogP contribution in [0.1, 0.15) is 5.56 Å². The lowest BCUT2D eigenvalue weighted by molar-refractivity contribution is -0.118. The van der Waals surface area contributed by atoms with E-state index < -0.39 is 0 Å². The summed E-state index contributed by atoms with van der Waals surface area (Å²) in [4.78, 5) is 11.6. The van der Waals surface area contributed by atoms with E-state index in [-0.39, 0.29) is 18.2 Å². The molecule has 1 heterocycles. The van der Waals surface area contributed by atoms with Gasteiger partial charge in [-0.2, -0.15) is 4.68 Å². The minimum Gasteiger partial charge on any atom is -0.494 e. The molecule has 0 saturated carbocycles. The molecule has 1 aromatic carbocycles. The molecule has 0 atom stereocenters. The van der Waals surface area contributed by atoms with Crippen LogP contribution in [0.4, 0.5) is 0 Å². The molecule has 8 heteroatoms. The van der Waals surface area contributed by atoms with Crippen molar-refractivity contribution < 1.29 is 9.53 Å². The number of carbonyl (C=O) groups excluding carboxylic acids is 1. The van der Waals surface area contributed by atoms with Crippen molar-refractivity contribution in [1.29, 1.82) is 0 Å². The molecule has 7 nitrogen and oxygen atoms in total. The van der Waals surface area contributed by atoms with E-state index in [1.165, 1.54) is 11.8 Å². The average molecular weight is 317 g/mol. The predicted molar refractivity (Wildman–Crippen MR) is 83.0 cm³/mol. The molecule has 1 amide bonds. The Morgan fingerprint density at radius 1 is 1.55 bits per heavy atom. The van der Waals surface area contributed by atoms with Gasteiger partial charge < -0.3 is 10.1 Å². The molecule has 0 radical (unpaired) electrons. The van der Waals surface area contributed by atoms with Crippen LogP contribution in [-0.4, -0.2) is 45.5 Å². The first-order valence-electron chi connectivity index (χ1n) is 6.42. The Balaban J connectivity index is 2.18. The first-order chi connectivity index (χ1) is 10.7. The van der Waals surface area contributed by atoms with Crippen molar-refractivity contribution in [2.75, 3.05) is 19.4 Å². The van der Waals surface area contributed by atoms with Gasteiger partial charge in [0.2, 0.25) is 11.1 Å². The number of nitrogens with zero attached hydrogens (tertiary/aromatic N) is 4. The lowest BCUT2D eigenvalue weighted by atomic mass is 10.2. The van der Waals surface area contributed by atoms with Crippen LogP contribution in [0.3, 0.4) is 0 Å². The first-order valence-corrected chi connectivity index (χ1v) is 7.40. The predicted octanol–water partition coefficient (Wildman–Crippen LogP) is 0.821. The number of tetrazole rings is 1. The topological polar surface area (TPSA) is 81.9 Å². The fourth-order valence-corrected chi connectivity index (χ4v) is 2.43. The van der Waals surface area contributed by atoms with Gasteiger partial charge in [0.05, 0.1) is 19.4 Å². The number of hydrogen-bond acceptors (Lipinski definition) is 6. The van der Waals surface area contributed by atoms with E-state index in [9.17, 15) is 4.79 Å². The summed E-state index contributed by atoms with van der Waals surface area (Å²) in [5.41, 5.74) is 1.77. The Labute approximate surface area is 132 Å². The minimum absolute atomic E-state index is 0.172. The number of terminal acetylenes is 1. The SMILES string of the molecule is C#CCNC(=O)CSc1nnnn1-c1cc(C)ccc1OC. The molecule has 0 aliphatic carbocycles. The summed E-state index contributed by atoms with van der Waals surface area (Å²) in [6, 6.07) is 5.70. The smallest absolute Gasteiger partial charge is 0.231 e. The molecule has 0 saturated heterocycles. The van der Waals surface area contributed by atoms with Crippen molar-refractivity contribution in [3.63, 3.8) is 0 Å². The van der Waals surface area contributed by atoms with Crippen molar-refractivity contribution >= 4 is 17.7 Å². The van der Waals surface area contributed by atoms with Crippen LogP contribution in [0.5, 0.6) is 5.75 Å². The standard InChI is InChI=1S/C14H15N5O2S/c1-4-7-15-13(20)9-22-14-16-17-18-19(14)11-8-10(2)5-6-12(11)21-3/h1,5-6,8H,7,9H2,2-3H3,(H,15,20).